The predicted molar refractivity (Wildman–Crippen MR) is 85.6 cm³/mol. The van der Waals surface area contributed by atoms with Gasteiger partial charge in [0.2, 0.25) is 17.7 Å². The Balaban J connectivity index is 1.46. The molecule has 0 aromatic carbocycles. The van der Waals surface area contributed by atoms with Crippen molar-refractivity contribution in [2.24, 2.45) is 0 Å². The molecule has 23 heavy (non-hydrogen) atoms. The first-order valence-electron chi connectivity index (χ1n) is 8.27. The quantitative estimate of drug-likeness (QED) is 0.809. The van der Waals surface area contributed by atoms with Crippen molar-refractivity contribution in [3.05, 3.63) is 12.3 Å². The number of hydrogen-bond acceptors (Lipinski definition) is 6. The first-order chi connectivity index (χ1) is 11.3. The number of piperazine rings is 1. The lowest BCUT2D eigenvalue weighted by atomic mass is 10.1. The van der Waals surface area contributed by atoms with Crippen LogP contribution >= 0.6 is 0 Å². The molecular weight excluding hydrogens is 296 g/mol. The fourth-order valence-electron chi connectivity index (χ4n) is 3.07. The predicted octanol–water partition coefficient (Wildman–Crippen LogP) is 1.09. The van der Waals surface area contributed by atoms with E-state index in [2.05, 4.69) is 14.9 Å². The normalized spacial score (nSPS) is 21.5. The van der Waals surface area contributed by atoms with Gasteiger partial charge in [-0.2, -0.15) is 4.98 Å². The van der Waals surface area contributed by atoms with E-state index in [1.165, 1.54) is 0 Å². The van der Waals surface area contributed by atoms with E-state index >= 15 is 0 Å². The number of ether oxygens (including phenoxy) is 2. The molecule has 3 heterocycles. The highest BCUT2D eigenvalue weighted by molar-refractivity contribution is 5.76. The van der Waals surface area contributed by atoms with Gasteiger partial charge in [0.05, 0.1) is 13.2 Å². The Morgan fingerprint density at radius 3 is 2.91 bits per heavy atom. The summed E-state index contributed by atoms with van der Waals surface area (Å²) in [6.45, 7) is 3.77. The minimum Gasteiger partial charge on any atom is -0.481 e. The highest BCUT2D eigenvalue weighted by atomic mass is 16.5. The molecule has 2 aliphatic rings. The van der Waals surface area contributed by atoms with Gasteiger partial charge in [0, 0.05) is 51.5 Å². The van der Waals surface area contributed by atoms with Gasteiger partial charge in [-0.1, -0.05) is 0 Å². The molecule has 1 aromatic rings. The second-order valence-electron chi connectivity index (χ2n) is 5.94. The van der Waals surface area contributed by atoms with E-state index < -0.39 is 0 Å². The zero-order valence-corrected chi connectivity index (χ0v) is 13.6. The second-order valence-corrected chi connectivity index (χ2v) is 5.94. The van der Waals surface area contributed by atoms with E-state index in [0.29, 0.717) is 31.3 Å². The summed E-state index contributed by atoms with van der Waals surface area (Å²) in [6, 6.07) is 1.73. The highest BCUT2D eigenvalue weighted by Crippen LogP contribution is 2.18. The molecule has 0 radical (unpaired) electrons. The van der Waals surface area contributed by atoms with Gasteiger partial charge in [-0.15, -0.1) is 0 Å². The fourth-order valence-corrected chi connectivity index (χ4v) is 3.07. The average Bonchev–Trinajstić information content (AvgIpc) is 3.13. The number of methoxy groups -OCH3 is 1. The molecule has 2 fully saturated rings. The van der Waals surface area contributed by atoms with Crippen LogP contribution in [0, 0.1) is 0 Å². The van der Waals surface area contributed by atoms with Gasteiger partial charge >= 0.3 is 0 Å². The van der Waals surface area contributed by atoms with Gasteiger partial charge in [0.25, 0.3) is 0 Å². The van der Waals surface area contributed by atoms with Crippen molar-refractivity contribution in [1.29, 1.82) is 0 Å². The zero-order chi connectivity index (χ0) is 16.1. The van der Waals surface area contributed by atoms with E-state index in [1.54, 1.807) is 19.4 Å². The average molecular weight is 320 g/mol. The van der Waals surface area contributed by atoms with Crippen LogP contribution in [0.2, 0.25) is 0 Å². The van der Waals surface area contributed by atoms with E-state index in [9.17, 15) is 4.79 Å². The summed E-state index contributed by atoms with van der Waals surface area (Å²) in [5.41, 5.74) is 0. The van der Waals surface area contributed by atoms with Crippen molar-refractivity contribution in [2.75, 3.05) is 44.8 Å². The van der Waals surface area contributed by atoms with Crippen molar-refractivity contribution in [3.63, 3.8) is 0 Å². The van der Waals surface area contributed by atoms with Gasteiger partial charge < -0.3 is 19.3 Å². The topological polar surface area (TPSA) is 67.8 Å². The lowest BCUT2D eigenvalue weighted by Crippen LogP contribution is -2.49. The number of hydrogen-bond donors (Lipinski definition) is 0. The van der Waals surface area contributed by atoms with Gasteiger partial charge in [-0.3, -0.25) is 4.79 Å². The van der Waals surface area contributed by atoms with E-state index in [0.717, 1.165) is 39.0 Å². The van der Waals surface area contributed by atoms with Crippen LogP contribution < -0.4 is 9.64 Å². The molecule has 7 nitrogen and oxygen atoms in total. The molecule has 0 unspecified atom stereocenters. The number of nitrogens with zero attached hydrogens (tertiary/aromatic N) is 4. The SMILES string of the molecule is COc1ccnc(N2CCN(C(=O)CC[C@@H]3CCCO3)CC2)n1. The number of aromatic nitrogens is 2. The molecule has 7 heteroatoms. The lowest BCUT2D eigenvalue weighted by Gasteiger charge is -2.35. The van der Waals surface area contributed by atoms with Crippen LogP contribution in [-0.2, 0) is 9.53 Å². The summed E-state index contributed by atoms with van der Waals surface area (Å²) in [6.07, 6.45) is 5.62. The minimum atomic E-state index is 0.228. The van der Waals surface area contributed by atoms with Crippen molar-refractivity contribution >= 4 is 11.9 Å². The first kappa shape index (κ1) is 16.0. The number of carbonyl (C=O) groups is 1. The van der Waals surface area contributed by atoms with Crippen LogP contribution in [0.4, 0.5) is 5.95 Å². The van der Waals surface area contributed by atoms with E-state index in [4.69, 9.17) is 9.47 Å². The first-order valence-corrected chi connectivity index (χ1v) is 8.27. The maximum atomic E-state index is 12.3. The molecule has 0 spiro atoms. The molecule has 1 aromatic heterocycles. The van der Waals surface area contributed by atoms with Crippen LogP contribution in [0.5, 0.6) is 5.88 Å². The summed E-state index contributed by atoms with van der Waals surface area (Å²) in [5.74, 6) is 1.45. The van der Waals surface area contributed by atoms with Gasteiger partial charge in [0.15, 0.2) is 0 Å². The van der Waals surface area contributed by atoms with Crippen LogP contribution in [0.3, 0.4) is 0 Å². The number of rotatable bonds is 5. The van der Waals surface area contributed by atoms with Gasteiger partial charge in [-0.25, -0.2) is 4.98 Å². The van der Waals surface area contributed by atoms with Crippen LogP contribution in [0.25, 0.3) is 0 Å². The number of carbonyl (C=O) groups excluding carboxylic acids is 1. The van der Waals surface area contributed by atoms with Crippen LogP contribution in [0.1, 0.15) is 25.7 Å². The summed E-state index contributed by atoms with van der Waals surface area (Å²) < 4.78 is 10.7. The third kappa shape index (κ3) is 4.10. The number of anilines is 1. The maximum Gasteiger partial charge on any atom is 0.228 e. The molecule has 1 amide bonds. The van der Waals surface area contributed by atoms with Crippen molar-refractivity contribution < 1.29 is 14.3 Å². The summed E-state index contributed by atoms with van der Waals surface area (Å²) in [4.78, 5) is 25.0. The second kappa shape index (κ2) is 7.59. The Labute approximate surface area is 136 Å². The molecule has 1 atom stereocenters. The fraction of sp³-hybridized carbons (Fsp3) is 0.688. The van der Waals surface area contributed by atoms with Gasteiger partial charge in [-0.05, 0) is 19.3 Å². The Hall–Kier alpha value is -1.89. The molecule has 0 bridgehead atoms. The van der Waals surface area contributed by atoms with Crippen molar-refractivity contribution in [2.45, 2.75) is 31.8 Å². The Morgan fingerprint density at radius 1 is 1.39 bits per heavy atom. The third-order valence-electron chi connectivity index (χ3n) is 4.45. The lowest BCUT2D eigenvalue weighted by molar-refractivity contribution is -0.132. The van der Waals surface area contributed by atoms with Crippen LogP contribution in [0.15, 0.2) is 12.3 Å². The molecule has 0 saturated carbocycles. The Kier molecular flexibility index (Phi) is 5.27. The molecule has 0 aliphatic carbocycles. The molecule has 126 valence electrons. The standard InChI is InChI=1S/C16H24N4O3/c1-22-14-6-7-17-16(18-14)20-10-8-19(9-11-20)15(21)5-4-13-3-2-12-23-13/h6-7,13H,2-5,8-12H2,1H3/t13-/m0/s1. The van der Waals surface area contributed by atoms with Crippen molar-refractivity contribution in [3.8, 4) is 5.88 Å². The summed E-state index contributed by atoms with van der Waals surface area (Å²) in [5, 5.41) is 0. The van der Waals surface area contributed by atoms with E-state index in [1.807, 2.05) is 4.90 Å². The van der Waals surface area contributed by atoms with Crippen LogP contribution in [-0.4, -0.2) is 66.8 Å². The molecule has 0 N–H and O–H groups in total. The summed E-state index contributed by atoms with van der Waals surface area (Å²) >= 11 is 0. The van der Waals surface area contributed by atoms with Crippen molar-refractivity contribution in [1.82, 2.24) is 14.9 Å². The third-order valence-corrected chi connectivity index (χ3v) is 4.45. The Bertz CT molecular complexity index is 526. The van der Waals surface area contributed by atoms with Gasteiger partial charge in [0.1, 0.15) is 0 Å². The smallest absolute Gasteiger partial charge is 0.228 e. The monoisotopic (exact) mass is 320 g/mol. The Morgan fingerprint density at radius 2 is 2.22 bits per heavy atom. The molecule has 2 saturated heterocycles. The zero-order valence-electron chi connectivity index (χ0n) is 13.6. The van der Waals surface area contributed by atoms with E-state index in [-0.39, 0.29) is 12.0 Å². The molecule has 2 aliphatic heterocycles. The highest BCUT2D eigenvalue weighted by Gasteiger charge is 2.24. The largest absolute Gasteiger partial charge is 0.481 e. The minimum absolute atomic E-state index is 0.228. The summed E-state index contributed by atoms with van der Waals surface area (Å²) in [7, 11) is 1.59. The number of amides is 1. The molecule has 3 rings (SSSR count). The molecular formula is C16H24N4O3. The maximum absolute atomic E-state index is 12.3.